The molecule has 7 heteroatoms. The summed E-state index contributed by atoms with van der Waals surface area (Å²) in [6, 6.07) is 18.2. The van der Waals surface area contributed by atoms with Gasteiger partial charge in [-0.2, -0.15) is 0 Å². The van der Waals surface area contributed by atoms with Gasteiger partial charge in [-0.1, -0.05) is 22.0 Å². The van der Waals surface area contributed by atoms with Gasteiger partial charge in [-0.3, -0.25) is 4.79 Å². The van der Waals surface area contributed by atoms with E-state index in [9.17, 15) is 4.79 Å². The number of carbonyl (C=O) groups excluding carboxylic acids is 1. The molecule has 0 saturated carbocycles. The van der Waals surface area contributed by atoms with E-state index in [4.69, 9.17) is 9.15 Å². The number of aromatic nitrogens is 1. The van der Waals surface area contributed by atoms with Crippen LogP contribution in [-0.2, 0) is 0 Å². The first kappa shape index (κ1) is 18.7. The zero-order valence-electron chi connectivity index (χ0n) is 14.7. The number of benzene rings is 3. The van der Waals surface area contributed by atoms with Gasteiger partial charge in [-0.15, -0.1) is 0 Å². The van der Waals surface area contributed by atoms with Crippen molar-refractivity contribution in [2.75, 3.05) is 12.4 Å². The number of rotatable bonds is 4. The Balaban J connectivity index is 1.61. The molecule has 0 unspecified atom stereocenters. The summed E-state index contributed by atoms with van der Waals surface area (Å²) < 4.78 is 12.8. The van der Waals surface area contributed by atoms with Crippen molar-refractivity contribution in [3.63, 3.8) is 0 Å². The van der Waals surface area contributed by atoms with Gasteiger partial charge in [-0.05, 0) is 70.5 Å². The minimum Gasteiger partial charge on any atom is -0.496 e. The molecule has 140 valence electrons. The third kappa shape index (κ3) is 3.81. The number of nitrogens with zero attached hydrogens (tertiary/aromatic N) is 1. The van der Waals surface area contributed by atoms with Gasteiger partial charge in [0.1, 0.15) is 11.3 Å². The van der Waals surface area contributed by atoms with E-state index in [0.29, 0.717) is 28.2 Å². The van der Waals surface area contributed by atoms with Crippen LogP contribution >= 0.6 is 31.9 Å². The van der Waals surface area contributed by atoms with Gasteiger partial charge in [0, 0.05) is 21.3 Å². The molecule has 0 bridgehead atoms. The molecule has 1 N–H and O–H groups in total. The predicted octanol–water partition coefficient (Wildman–Crippen LogP) is 6.28. The maximum absolute atomic E-state index is 12.4. The zero-order chi connectivity index (χ0) is 19.7. The molecule has 0 aliphatic rings. The summed E-state index contributed by atoms with van der Waals surface area (Å²) in [7, 11) is 1.61. The fourth-order valence-corrected chi connectivity index (χ4v) is 3.70. The number of methoxy groups -OCH3 is 1. The Morgan fingerprint density at radius 3 is 2.68 bits per heavy atom. The third-order valence-electron chi connectivity index (χ3n) is 4.13. The number of carbonyl (C=O) groups is 1. The van der Waals surface area contributed by atoms with Crippen LogP contribution < -0.4 is 10.1 Å². The fraction of sp³-hybridized carbons (Fsp3) is 0.0476. The second kappa shape index (κ2) is 7.77. The largest absolute Gasteiger partial charge is 0.496 e. The van der Waals surface area contributed by atoms with Crippen molar-refractivity contribution in [2.45, 2.75) is 0 Å². The molecular formula is C21H14Br2N2O3. The van der Waals surface area contributed by atoms with Crippen LogP contribution in [0, 0.1) is 0 Å². The highest BCUT2D eigenvalue weighted by Crippen LogP contribution is 2.32. The molecule has 0 radical (unpaired) electrons. The molecule has 4 aromatic rings. The number of anilines is 1. The molecule has 0 aliphatic heterocycles. The van der Waals surface area contributed by atoms with Crippen LogP contribution in [0.25, 0.3) is 22.6 Å². The van der Waals surface area contributed by atoms with Crippen molar-refractivity contribution in [3.8, 4) is 17.2 Å². The lowest BCUT2D eigenvalue weighted by Crippen LogP contribution is -2.11. The van der Waals surface area contributed by atoms with E-state index < -0.39 is 0 Å². The molecule has 1 heterocycles. The standard InChI is InChI=1S/C21H14Br2N2O3/c1-27-18-7-5-13(10-16(18)23)21-25-17-11-15(6-8-19(17)28-21)24-20(26)12-3-2-4-14(22)9-12/h2-11H,1H3,(H,24,26). The number of ether oxygens (including phenoxy) is 1. The molecule has 0 aliphatic carbocycles. The van der Waals surface area contributed by atoms with E-state index in [-0.39, 0.29) is 5.91 Å². The normalized spacial score (nSPS) is 10.8. The number of oxazole rings is 1. The van der Waals surface area contributed by atoms with Gasteiger partial charge in [0.15, 0.2) is 5.58 Å². The van der Waals surface area contributed by atoms with Crippen molar-refractivity contribution in [1.82, 2.24) is 4.98 Å². The van der Waals surface area contributed by atoms with Gasteiger partial charge in [0.05, 0.1) is 11.6 Å². The van der Waals surface area contributed by atoms with Crippen LogP contribution in [0.5, 0.6) is 5.75 Å². The Morgan fingerprint density at radius 1 is 1.07 bits per heavy atom. The highest BCUT2D eigenvalue weighted by Gasteiger charge is 2.12. The Kier molecular flexibility index (Phi) is 5.19. The molecule has 1 aromatic heterocycles. The third-order valence-corrected chi connectivity index (χ3v) is 5.24. The Bertz CT molecular complexity index is 1190. The lowest BCUT2D eigenvalue weighted by atomic mass is 10.2. The van der Waals surface area contributed by atoms with Crippen LogP contribution in [-0.4, -0.2) is 18.0 Å². The molecule has 1 amide bonds. The summed E-state index contributed by atoms with van der Waals surface area (Å²) in [6.07, 6.45) is 0. The molecule has 0 saturated heterocycles. The summed E-state index contributed by atoms with van der Waals surface area (Å²) in [5.41, 5.74) is 3.34. The lowest BCUT2D eigenvalue weighted by molar-refractivity contribution is 0.102. The zero-order valence-corrected chi connectivity index (χ0v) is 17.9. The van der Waals surface area contributed by atoms with Crippen molar-refractivity contribution in [3.05, 3.63) is 75.2 Å². The number of fused-ring (bicyclic) bond motifs is 1. The number of amides is 1. The summed E-state index contributed by atoms with van der Waals surface area (Å²) in [4.78, 5) is 17.0. The molecule has 28 heavy (non-hydrogen) atoms. The average Bonchev–Trinajstić information content (AvgIpc) is 3.11. The van der Waals surface area contributed by atoms with Gasteiger partial charge in [0.2, 0.25) is 5.89 Å². The van der Waals surface area contributed by atoms with E-state index in [0.717, 1.165) is 20.3 Å². The maximum atomic E-state index is 12.4. The Labute approximate surface area is 178 Å². The molecule has 4 rings (SSSR count). The van der Waals surface area contributed by atoms with Crippen molar-refractivity contribution in [1.29, 1.82) is 0 Å². The van der Waals surface area contributed by atoms with Crippen LogP contribution in [0.1, 0.15) is 10.4 Å². The van der Waals surface area contributed by atoms with E-state index in [2.05, 4.69) is 42.2 Å². The summed E-state index contributed by atoms with van der Waals surface area (Å²) in [6.45, 7) is 0. The quantitative estimate of drug-likeness (QED) is 0.357. The molecule has 0 spiro atoms. The number of hydrogen-bond acceptors (Lipinski definition) is 4. The average molecular weight is 502 g/mol. The van der Waals surface area contributed by atoms with Crippen LogP contribution in [0.15, 0.2) is 74.0 Å². The molecule has 0 fully saturated rings. The first-order chi connectivity index (χ1) is 13.5. The van der Waals surface area contributed by atoms with Crippen LogP contribution in [0.2, 0.25) is 0 Å². The Morgan fingerprint density at radius 2 is 1.93 bits per heavy atom. The van der Waals surface area contributed by atoms with E-state index in [1.165, 1.54) is 0 Å². The molecule has 0 atom stereocenters. The minimum absolute atomic E-state index is 0.191. The highest BCUT2D eigenvalue weighted by atomic mass is 79.9. The topological polar surface area (TPSA) is 64.4 Å². The second-order valence-electron chi connectivity index (χ2n) is 6.02. The van der Waals surface area contributed by atoms with Crippen LogP contribution in [0.3, 0.4) is 0 Å². The van der Waals surface area contributed by atoms with E-state index in [1.807, 2.05) is 30.3 Å². The van der Waals surface area contributed by atoms with Gasteiger partial charge in [-0.25, -0.2) is 4.98 Å². The number of nitrogens with one attached hydrogen (secondary N) is 1. The number of halogens is 2. The minimum atomic E-state index is -0.191. The molecule has 5 nitrogen and oxygen atoms in total. The smallest absolute Gasteiger partial charge is 0.255 e. The van der Waals surface area contributed by atoms with Gasteiger partial charge < -0.3 is 14.5 Å². The van der Waals surface area contributed by atoms with Gasteiger partial charge in [0.25, 0.3) is 5.91 Å². The van der Waals surface area contributed by atoms with Gasteiger partial charge >= 0.3 is 0 Å². The van der Waals surface area contributed by atoms with Crippen molar-refractivity contribution >= 4 is 54.6 Å². The maximum Gasteiger partial charge on any atom is 0.255 e. The Hall–Kier alpha value is -2.64. The first-order valence-electron chi connectivity index (χ1n) is 8.35. The van der Waals surface area contributed by atoms with E-state index >= 15 is 0 Å². The van der Waals surface area contributed by atoms with E-state index in [1.54, 1.807) is 37.4 Å². The summed E-state index contributed by atoms with van der Waals surface area (Å²) >= 11 is 6.84. The SMILES string of the molecule is COc1ccc(-c2nc3cc(NC(=O)c4cccc(Br)c4)ccc3o2)cc1Br. The lowest BCUT2D eigenvalue weighted by Gasteiger charge is -2.05. The monoisotopic (exact) mass is 500 g/mol. The summed E-state index contributed by atoms with van der Waals surface area (Å²) in [5, 5.41) is 2.89. The van der Waals surface area contributed by atoms with Crippen LogP contribution in [0.4, 0.5) is 5.69 Å². The summed E-state index contributed by atoms with van der Waals surface area (Å²) in [5.74, 6) is 1.04. The number of hydrogen-bond donors (Lipinski definition) is 1. The fourth-order valence-electron chi connectivity index (χ4n) is 2.76. The highest BCUT2D eigenvalue weighted by molar-refractivity contribution is 9.10. The first-order valence-corrected chi connectivity index (χ1v) is 9.93. The molecule has 3 aromatic carbocycles. The van der Waals surface area contributed by atoms with Crippen molar-refractivity contribution in [2.24, 2.45) is 0 Å². The second-order valence-corrected chi connectivity index (χ2v) is 7.79. The van der Waals surface area contributed by atoms with Crippen molar-refractivity contribution < 1.29 is 13.9 Å². The molecular weight excluding hydrogens is 488 g/mol. The predicted molar refractivity (Wildman–Crippen MR) is 116 cm³/mol.